The van der Waals surface area contributed by atoms with Crippen LogP contribution in [-0.4, -0.2) is 50.0 Å². The summed E-state index contributed by atoms with van der Waals surface area (Å²) in [5.74, 6) is -4.11. The molecule has 1 fully saturated rings. The monoisotopic (exact) mass is 442 g/mol. The minimum Gasteiger partial charge on any atom is -0.468 e. The smallest absolute Gasteiger partial charge is 0.468 e. The molecule has 0 saturated heterocycles. The van der Waals surface area contributed by atoms with Crippen LogP contribution in [0.25, 0.3) is 0 Å². The Bertz CT molecular complexity index is 841. The maximum absolute atomic E-state index is 12.8. The van der Waals surface area contributed by atoms with Gasteiger partial charge in [-0.15, -0.1) is 0 Å². The first-order valence-corrected chi connectivity index (χ1v) is 9.71. The number of hydrogen-bond donors (Lipinski definition) is 1. The molecule has 1 aliphatic carbocycles. The molecule has 0 aromatic heterocycles. The number of aliphatic imine (C=N–C) groups is 1. The van der Waals surface area contributed by atoms with E-state index in [-0.39, 0.29) is 12.5 Å². The van der Waals surface area contributed by atoms with E-state index in [9.17, 15) is 27.6 Å². The van der Waals surface area contributed by atoms with Gasteiger partial charge in [0.25, 0.3) is 0 Å². The normalized spacial score (nSPS) is 21.9. The first-order valence-electron chi connectivity index (χ1n) is 9.71. The van der Waals surface area contributed by atoms with Gasteiger partial charge in [-0.05, 0) is 38.2 Å². The van der Waals surface area contributed by atoms with Crippen LogP contribution < -0.4 is 5.32 Å². The quantitative estimate of drug-likeness (QED) is 0.655. The van der Waals surface area contributed by atoms with Crippen LogP contribution in [0.5, 0.6) is 0 Å². The van der Waals surface area contributed by atoms with Gasteiger partial charge in [-0.1, -0.05) is 30.3 Å². The number of nitrogens with one attached hydrogen (secondary N) is 1. The summed E-state index contributed by atoms with van der Waals surface area (Å²) in [7, 11) is 2.14. The van der Waals surface area contributed by atoms with Crippen LogP contribution in [0.15, 0.2) is 35.3 Å². The molecule has 10 heteroatoms. The van der Waals surface area contributed by atoms with E-state index in [2.05, 4.69) is 9.73 Å². The van der Waals surface area contributed by atoms with Gasteiger partial charge in [-0.25, -0.2) is 4.79 Å². The summed E-state index contributed by atoms with van der Waals surface area (Å²) in [4.78, 5) is 41.1. The van der Waals surface area contributed by atoms with E-state index in [1.54, 1.807) is 5.32 Å². The van der Waals surface area contributed by atoms with Crippen LogP contribution in [0.2, 0.25) is 0 Å². The summed E-state index contributed by atoms with van der Waals surface area (Å²) in [5, 5.41) is 1.64. The number of alkyl halides is 3. The van der Waals surface area contributed by atoms with Gasteiger partial charge in [0.2, 0.25) is 0 Å². The molecule has 31 heavy (non-hydrogen) atoms. The number of hydrogen-bond acceptors (Lipinski definition) is 6. The SMILES string of the molecule is COC(=O)[C@H](C[C@@]1(C(=O)OC)CCCC1=N[C@@H](C)c1ccccc1)NC(=O)C(F)(F)F. The fraction of sp³-hybridized carbons (Fsp3) is 0.524. The number of ether oxygens (including phenoxy) is 2. The molecule has 3 atom stereocenters. The van der Waals surface area contributed by atoms with E-state index in [1.165, 1.54) is 0 Å². The first-order chi connectivity index (χ1) is 14.5. The van der Waals surface area contributed by atoms with Gasteiger partial charge in [0, 0.05) is 5.71 Å². The summed E-state index contributed by atoms with van der Waals surface area (Å²) in [5.41, 5.74) is -0.142. The lowest BCUT2D eigenvalue weighted by molar-refractivity contribution is -0.176. The minimum absolute atomic E-state index is 0.218. The molecule has 1 aromatic rings. The van der Waals surface area contributed by atoms with E-state index in [4.69, 9.17) is 4.74 Å². The summed E-state index contributed by atoms with van der Waals surface area (Å²) in [6, 6.07) is 7.23. The van der Waals surface area contributed by atoms with Gasteiger partial charge in [-0.2, -0.15) is 13.2 Å². The second-order valence-corrected chi connectivity index (χ2v) is 7.34. The van der Waals surface area contributed by atoms with Crippen molar-refractivity contribution in [1.29, 1.82) is 0 Å². The largest absolute Gasteiger partial charge is 0.471 e. The third-order valence-corrected chi connectivity index (χ3v) is 5.38. The molecule has 0 heterocycles. The molecule has 0 unspecified atom stereocenters. The number of halogens is 3. The predicted molar refractivity (Wildman–Crippen MR) is 105 cm³/mol. The highest BCUT2D eigenvalue weighted by Gasteiger charge is 2.51. The van der Waals surface area contributed by atoms with Crippen molar-refractivity contribution in [3.63, 3.8) is 0 Å². The van der Waals surface area contributed by atoms with Crippen LogP contribution in [-0.2, 0) is 23.9 Å². The van der Waals surface area contributed by atoms with Crippen molar-refractivity contribution in [2.75, 3.05) is 14.2 Å². The zero-order chi connectivity index (χ0) is 23.2. The van der Waals surface area contributed by atoms with Crippen molar-refractivity contribution in [3.8, 4) is 0 Å². The molecule has 1 saturated carbocycles. The lowest BCUT2D eigenvalue weighted by Gasteiger charge is -2.31. The molecule has 170 valence electrons. The minimum atomic E-state index is -5.20. The number of benzene rings is 1. The van der Waals surface area contributed by atoms with Gasteiger partial charge in [0.05, 0.1) is 20.3 Å². The summed E-state index contributed by atoms with van der Waals surface area (Å²) >= 11 is 0. The molecule has 1 aromatic carbocycles. The number of carbonyl (C=O) groups excluding carboxylic acids is 3. The lowest BCUT2D eigenvalue weighted by atomic mass is 9.78. The van der Waals surface area contributed by atoms with Gasteiger partial charge < -0.3 is 14.8 Å². The van der Waals surface area contributed by atoms with Crippen molar-refractivity contribution in [2.24, 2.45) is 10.4 Å². The zero-order valence-electron chi connectivity index (χ0n) is 17.5. The number of esters is 2. The van der Waals surface area contributed by atoms with Gasteiger partial charge in [0.1, 0.15) is 11.5 Å². The standard InChI is InChI=1S/C21H25F3N2O5/c1-13(14-8-5-4-6-9-14)25-16-10-7-11-20(16,19(29)31-3)12-15(17(27)30-2)26-18(28)21(22,23)24/h4-6,8-9,13,15H,7,10-12H2,1-3H3,(H,26,28)/t13-,15-,20-/m0/s1. The fourth-order valence-corrected chi connectivity index (χ4v) is 3.81. The highest BCUT2D eigenvalue weighted by Crippen LogP contribution is 2.42. The molecule has 1 aliphatic rings. The Morgan fingerprint density at radius 1 is 1.16 bits per heavy atom. The fourth-order valence-electron chi connectivity index (χ4n) is 3.81. The Hall–Kier alpha value is -2.91. The first kappa shape index (κ1) is 24.4. The Kier molecular flexibility index (Phi) is 7.80. The molecule has 0 spiro atoms. The van der Waals surface area contributed by atoms with E-state index >= 15 is 0 Å². The van der Waals surface area contributed by atoms with E-state index in [0.29, 0.717) is 18.6 Å². The second-order valence-electron chi connectivity index (χ2n) is 7.34. The molecule has 7 nitrogen and oxygen atoms in total. The zero-order valence-corrected chi connectivity index (χ0v) is 17.5. The summed E-state index contributed by atoms with van der Waals surface area (Å²) in [6.45, 7) is 1.83. The van der Waals surface area contributed by atoms with Gasteiger partial charge in [0.15, 0.2) is 0 Å². The average Bonchev–Trinajstić information content (AvgIpc) is 3.14. The Balaban J connectivity index is 2.43. The maximum atomic E-state index is 12.8. The molecule has 0 bridgehead atoms. The Morgan fingerprint density at radius 2 is 1.81 bits per heavy atom. The van der Waals surface area contributed by atoms with Crippen molar-refractivity contribution >= 4 is 23.6 Å². The number of amides is 1. The highest BCUT2D eigenvalue weighted by atomic mass is 19.4. The van der Waals surface area contributed by atoms with Crippen LogP contribution in [0, 0.1) is 5.41 Å². The topological polar surface area (TPSA) is 94.1 Å². The second kappa shape index (κ2) is 9.93. The lowest BCUT2D eigenvalue weighted by Crippen LogP contribution is -2.52. The molecule has 2 rings (SSSR count). The Labute approximate surface area is 178 Å². The van der Waals surface area contributed by atoms with Crippen LogP contribution >= 0.6 is 0 Å². The summed E-state index contributed by atoms with van der Waals surface area (Å²) < 4.78 is 47.8. The van der Waals surface area contributed by atoms with Gasteiger partial charge in [-0.3, -0.25) is 14.6 Å². The summed E-state index contributed by atoms with van der Waals surface area (Å²) in [6.07, 6.45) is -4.49. The number of nitrogens with zero attached hydrogens (tertiary/aromatic N) is 1. The van der Waals surface area contributed by atoms with Crippen LogP contribution in [0.3, 0.4) is 0 Å². The molecule has 0 radical (unpaired) electrons. The van der Waals surface area contributed by atoms with E-state index in [1.807, 2.05) is 37.3 Å². The maximum Gasteiger partial charge on any atom is 0.471 e. The number of methoxy groups -OCH3 is 2. The van der Waals surface area contributed by atoms with Crippen molar-refractivity contribution < 1.29 is 37.0 Å². The van der Waals surface area contributed by atoms with Crippen molar-refractivity contribution in [2.45, 2.75) is 50.9 Å². The van der Waals surface area contributed by atoms with E-state index in [0.717, 1.165) is 19.8 Å². The van der Waals surface area contributed by atoms with Crippen LogP contribution in [0.1, 0.15) is 44.2 Å². The highest BCUT2D eigenvalue weighted by molar-refractivity contribution is 6.08. The predicted octanol–water partition coefficient (Wildman–Crippen LogP) is 3.14. The molecule has 1 N–H and O–H groups in total. The van der Waals surface area contributed by atoms with Crippen molar-refractivity contribution in [1.82, 2.24) is 5.32 Å². The molecule has 0 aliphatic heterocycles. The average molecular weight is 442 g/mol. The van der Waals surface area contributed by atoms with Gasteiger partial charge >= 0.3 is 24.0 Å². The molecular weight excluding hydrogens is 417 g/mol. The Morgan fingerprint density at radius 3 is 2.35 bits per heavy atom. The third-order valence-electron chi connectivity index (χ3n) is 5.38. The number of rotatable bonds is 7. The number of carbonyl (C=O) groups is 3. The molecular formula is C21H25F3N2O5. The third kappa shape index (κ3) is 5.62. The van der Waals surface area contributed by atoms with Crippen molar-refractivity contribution in [3.05, 3.63) is 35.9 Å². The van der Waals surface area contributed by atoms with E-state index < -0.39 is 41.9 Å². The molecule has 1 amide bonds. The van der Waals surface area contributed by atoms with Crippen LogP contribution in [0.4, 0.5) is 13.2 Å².